The quantitative estimate of drug-likeness (QED) is 0.845. The van der Waals surface area contributed by atoms with Gasteiger partial charge in [-0.05, 0) is 31.7 Å². The van der Waals surface area contributed by atoms with Crippen LogP contribution in [0.15, 0.2) is 24.5 Å². The largest absolute Gasteiger partial charge is 0.368 e. The van der Waals surface area contributed by atoms with E-state index >= 15 is 0 Å². The summed E-state index contributed by atoms with van der Waals surface area (Å²) in [5.41, 5.74) is 5.76. The lowest BCUT2D eigenvalue weighted by molar-refractivity contribution is 0.527. The van der Waals surface area contributed by atoms with Gasteiger partial charge in [0, 0.05) is 24.5 Å². The van der Waals surface area contributed by atoms with E-state index in [1.54, 1.807) is 10.9 Å². The molecule has 0 saturated carbocycles. The second kappa shape index (κ2) is 6.36. The van der Waals surface area contributed by atoms with E-state index in [9.17, 15) is 0 Å². The van der Waals surface area contributed by atoms with Gasteiger partial charge in [0.15, 0.2) is 5.82 Å². The van der Waals surface area contributed by atoms with Gasteiger partial charge in [-0.2, -0.15) is 15.1 Å². The molecule has 20 heavy (non-hydrogen) atoms. The number of anilines is 2. The van der Waals surface area contributed by atoms with Crippen LogP contribution in [0.5, 0.6) is 0 Å². The number of nitrogens with zero attached hydrogens (tertiary/aromatic N) is 4. The van der Waals surface area contributed by atoms with Gasteiger partial charge in [0.1, 0.15) is 5.82 Å². The molecule has 0 amide bonds. The monoisotopic (exact) mass is 274 g/mol. The zero-order valence-electron chi connectivity index (χ0n) is 12.2. The fourth-order valence-electron chi connectivity index (χ4n) is 1.96. The molecule has 0 aliphatic rings. The molecule has 2 heterocycles. The van der Waals surface area contributed by atoms with Crippen molar-refractivity contribution in [2.75, 3.05) is 11.1 Å². The molecule has 0 aliphatic heterocycles. The van der Waals surface area contributed by atoms with Crippen LogP contribution in [-0.4, -0.2) is 25.8 Å². The molecule has 0 bridgehead atoms. The Kier molecular flexibility index (Phi) is 4.55. The molecular formula is C14H22N6. The lowest BCUT2D eigenvalue weighted by atomic mass is 10.0. The molecule has 6 nitrogen and oxygen atoms in total. The maximum atomic E-state index is 5.76. The highest BCUT2D eigenvalue weighted by Crippen LogP contribution is 2.15. The third-order valence-electron chi connectivity index (χ3n) is 3.04. The number of aromatic nitrogens is 4. The van der Waals surface area contributed by atoms with Crippen LogP contribution in [-0.2, 0) is 0 Å². The van der Waals surface area contributed by atoms with E-state index in [0.29, 0.717) is 17.8 Å². The Balaban J connectivity index is 2.08. The molecule has 0 radical (unpaired) electrons. The first-order chi connectivity index (χ1) is 9.54. The van der Waals surface area contributed by atoms with Gasteiger partial charge < -0.3 is 11.1 Å². The van der Waals surface area contributed by atoms with Crippen molar-refractivity contribution in [1.29, 1.82) is 0 Å². The fraction of sp³-hybridized carbons (Fsp3) is 0.500. The van der Waals surface area contributed by atoms with Crippen LogP contribution in [0.3, 0.4) is 0 Å². The van der Waals surface area contributed by atoms with E-state index in [2.05, 4.69) is 41.2 Å². The van der Waals surface area contributed by atoms with Gasteiger partial charge in [-0.3, -0.25) is 0 Å². The minimum absolute atomic E-state index is 0.247. The average Bonchev–Trinajstić information content (AvgIpc) is 2.89. The lowest BCUT2D eigenvalue weighted by Gasteiger charge is -2.16. The number of nitrogens with two attached hydrogens (primary N) is 1. The van der Waals surface area contributed by atoms with Gasteiger partial charge in [0.25, 0.3) is 0 Å². The van der Waals surface area contributed by atoms with Crippen molar-refractivity contribution in [1.82, 2.24) is 19.7 Å². The highest BCUT2D eigenvalue weighted by atomic mass is 15.3. The van der Waals surface area contributed by atoms with Gasteiger partial charge in [-0.25, -0.2) is 4.68 Å². The molecule has 2 aromatic heterocycles. The van der Waals surface area contributed by atoms with Crippen LogP contribution in [0, 0.1) is 5.92 Å². The summed E-state index contributed by atoms with van der Waals surface area (Å²) >= 11 is 0. The van der Waals surface area contributed by atoms with Crippen molar-refractivity contribution in [3.8, 4) is 5.82 Å². The van der Waals surface area contributed by atoms with E-state index in [-0.39, 0.29) is 5.95 Å². The summed E-state index contributed by atoms with van der Waals surface area (Å²) in [4.78, 5) is 8.41. The smallest absolute Gasteiger partial charge is 0.224 e. The molecule has 3 N–H and O–H groups in total. The van der Waals surface area contributed by atoms with Gasteiger partial charge in [0.2, 0.25) is 5.95 Å². The zero-order valence-corrected chi connectivity index (χ0v) is 12.2. The minimum Gasteiger partial charge on any atom is -0.368 e. The van der Waals surface area contributed by atoms with Crippen LogP contribution >= 0.6 is 0 Å². The normalized spacial score (nSPS) is 12.6. The molecule has 108 valence electrons. The third-order valence-corrected chi connectivity index (χ3v) is 3.04. The summed E-state index contributed by atoms with van der Waals surface area (Å²) in [6.45, 7) is 6.60. The summed E-state index contributed by atoms with van der Waals surface area (Å²) in [7, 11) is 0. The van der Waals surface area contributed by atoms with E-state index < -0.39 is 0 Å². The van der Waals surface area contributed by atoms with E-state index in [1.165, 1.54) is 6.42 Å². The Morgan fingerprint density at radius 2 is 2.05 bits per heavy atom. The highest BCUT2D eigenvalue weighted by molar-refractivity contribution is 5.45. The van der Waals surface area contributed by atoms with Crippen molar-refractivity contribution in [2.45, 2.75) is 39.7 Å². The summed E-state index contributed by atoms with van der Waals surface area (Å²) in [6.07, 6.45) is 5.81. The number of nitrogens with one attached hydrogen (secondary N) is 1. The minimum atomic E-state index is 0.247. The molecule has 1 unspecified atom stereocenters. The summed E-state index contributed by atoms with van der Waals surface area (Å²) < 4.78 is 1.67. The zero-order chi connectivity index (χ0) is 14.5. The second-order valence-electron chi connectivity index (χ2n) is 5.44. The molecule has 2 rings (SSSR count). The predicted octanol–water partition coefficient (Wildman–Crippen LogP) is 2.48. The first kappa shape index (κ1) is 14.3. The number of hydrogen-bond acceptors (Lipinski definition) is 5. The van der Waals surface area contributed by atoms with E-state index in [1.807, 2.05) is 18.3 Å². The second-order valence-corrected chi connectivity index (χ2v) is 5.44. The fourth-order valence-corrected chi connectivity index (χ4v) is 1.96. The van der Waals surface area contributed by atoms with E-state index in [0.717, 1.165) is 12.2 Å². The van der Waals surface area contributed by atoms with Crippen molar-refractivity contribution in [3.05, 3.63) is 24.5 Å². The van der Waals surface area contributed by atoms with Crippen LogP contribution < -0.4 is 11.1 Å². The van der Waals surface area contributed by atoms with Gasteiger partial charge in [-0.1, -0.05) is 13.8 Å². The third kappa shape index (κ3) is 3.94. The van der Waals surface area contributed by atoms with Crippen LogP contribution in [0.4, 0.5) is 11.8 Å². The lowest BCUT2D eigenvalue weighted by Crippen LogP contribution is -2.18. The van der Waals surface area contributed by atoms with Crippen molar-refractivity contribution < 1.29 is 0 Å². The maximum Gasteiger partial charge on any atom is 0.224 e. The highest BCUT2D eigenvalue weighted by Gasteiger charge is 2.08. The maximum absolute atomic E-state index is 5.76. The summed E-state index contributed by atoms with van der Waals surface area (Å²) in [5, 5.41) is 7.52. The average molecular weight is 274 g/mol. The molecule has 0 aromatic carbocycles. The molecule has 6 heteroatoms. The Morgan fingerprint density at radius 1 is 1.25 bits per heavy atom. The van der Waals surface area contributed by atoms with Crippen molar-refractivity contribution in [3.63, 3.8) is 0 Å². The van der Waals surface area contributed by atoms with Crippen molar-refractivity contribution in [2.24, 2.45) is 5.92 Å². The van der Waals surface area contributed by atoms with Crippen molar-refractivity contribution >= 4 is 11.8 Å². The Labute approximate surface area is 119 Å². The molecular weight excluding hydrogens is 252 g/mol. The standard InChI is InChI=1S/C14H22N6/c1-10(2)5-6-11(3)17-12-9-13(19-14(15)18-12)20-8-4-7-16-20/h4,7-11H,5-6H2,1-3H3,(H3,15,17,18,19). The molecule has 0 saturated heterocycles. The first-order valence-corrected chi connectivity index (χ1v) is 6.95. The first-order valence-electron chi connectivity index (χ1n) is 6.95. The Hall–Kier alpha value is -2.11. The molecule has 2 aromatic rings. The Bertz CT molecular complexity index is 535. The van der Waals surface area contributed by atoms with Gasteiger partial charge >= 0.3 is 0 Å². The van der Waals surface area contributed by atoms with Crippen LogP contribution in [0.25, 0.3) is 5.82 Å². The number of nitrogen functional groups attached to an aromatic ring is 1. The topological polar surface area (TPSA) is 81.7 Å². The van der Waals surface area contributed by atoms with Gasteiger partial charge in [-0.15, -0.1) is 0 Å². The molecule has 1 atom stereocenters. The summed E-state index contributed by atoms with van der Waals surface area (Å²) in [6, 6.07) is 4.04. The van der Waals surface area contributed by atoms with Crippen LogP contribution in [0.1, 0.15) is 33.6 Å². The van der Waals surface area contributed by atoms with Gasteiger partial charge in [0.05, 0.1) is 0 Å². The molecule has 0 fully saturated rings. The number of rotatable bonds is 6. The molecule has 0 aliphatic carbocycles. The Morgan fingerprint density at radius 3 is 2.70 bits per heavy atom. The van der Waals surface area contributed by atoms with E-state index in [4.69, 9.17) is 5.73 Å². The SMILES string of the molecule is CC(C)CCC(C)Nc1cc(-n2cccn2)nc(N)n1. The molecule has 0 spiro atoms. The van der Waals surface area contributed by atoms with Crippen LogP contribution in [0.2, 0.25) is 0 Å². The number of hydrogen-bond donors (Lipinski definition) is 2. The summed E-state index contributed by atoms with van der Waals surface area (Å²) in [5.74, 6) is 2.35. The predicted molar refractivity (Wildman–Crippen MR) is 80.7 cm³/mol.